The number of amides is 1. The Bertz CT molecular complexity index is 754. The molecular weight excluding hydrogens is 316 g/mol. The predicted molar refractivity (Wildman–Crippen MR) is 97.1 cm³/mol. The number of carbonyl (C=O) groups excluding carboxylic acids is 1. The summed E-state index contributed by atoms with van der Waals surface area (Å²) in [6.45, 7) is 5.50. The lowest BCUT2D eigenvalue weighted by atomic mass is 9.92. The van der Waals surface area contributed by atoms with E-state index in [0.717, 1.165) is 36.4 Å². The van der Waals surface area contributed by atoms with Gasteiger partial charge < -0.3 is 15.4 Å². The van der Waals surface area contributed by atoms with E-state index in [0.29, 0.717) is 18.2 Å². The van der Waals surface area contributed by atoms with Gasteiger partial charge in [0.15, 0.2) is 5.69 Å². The van der Waals surface area contributed by atoms with Crippen molar-refractivity contribution in [1.29, 1.82) is 0 Å². The first-order valence-electron chi connectivity index (χ1n) is 8.75. The first-order chi connectivity index (χ1) is 12.0. The minimum absolute atomic E-state index is 0.0317. The zero-order chi connectivity index (χ0) is 18.0. The van der Waals surface area contributed by atoms with Gasteiger partial charge in [0.25, 0.3) is 5.91 Å². The number of nitrogens with zero attached hydrogens (tertiary/aromatic N) is 3. The van der Waals surface area contributed by atoms with Crippen LogP contribution >= 0.6 is 0 Å². The standard InChI is InChI=1S/C19H26N4O2/c1-13-6-7-18(25-3)17(11-13)23-10-8-16(21-23)19(24)22-9-4-5-15(12-22)14(2)20/h6-8,10-11,14-15H,4-5,9,12,20H2,1-3H3. The van der Waals surface area contributed by atoms with Gasteiger partial charge in [0.1, 0.15) is 11.4 Å². The van der Waals surface area contributed by atoms with Gasteiger partial charge in [-0.15, -0.1) is 0 Å². The van der Waals surface area contributed by atoms with Crippen LogP contribution in [0.15, 0.2) is 30.5 Å². The Balaban J connectivity index is 1.82. The zero-order valence-electron chi connectivity index (χ0n) is 15.1. The Hall–Kier alpha value is -2.34. The fourth-order valence-electron chi connectivity index (χ4n) is 3.34. The van der Waals surface area contributed by atoms with Crippen molar-refractivity contribution in [2.75, 3.05) is 20.2 Å². The van der Waals surface area contributed by atoms with Gasteiger partial charge in [-0.2, -0.15) is 5.10 Å². The third-order valence-electron chi connectivity index (χ3n) is 4.88. The van der Waals surface area contributed by atoms with Crippen molar-refractivity contribution in [2.45, 2.75) is 32.7 Å². The summed E-state index contributed by atoms with van der Waals surface area (Å²) >= 11 is 0. The lowest BCUT2D eigenvalue weighted by molar-refractivity contribution is 0.0654. The number of hydrogen-bond acceptors (Lipinski definition) is 4. The van der Waals surface area contributed by atoms with E-state index in [2.05, 4.69) is 5.10 Å². The fourth-order valence-corrected chi connectivity index (χ4v) is 3.34. The van der Waals surface area contributed by atoms with Crippen LogP contribution in [0.1, 0.15) is 35.8 Å². The molecule has 1 amide bonds. The summed E-state index contributed by atoms with van der Waals surface area (Å²) in [6.07, 6.45) is 3.87. The topological polar surface area (TPSA) is 73.4 Å². The molecule has 134 valence electrons. The van der Waals surface area contributed by atoms with Crippen LogP contribution in [0.4, 0.5) is 0 Å². The SMILES string of the molecule is COc1ccc(C)cc1-n1ccc(C(=O)N2CCCC(C(C)N)C2)n1. The molecule has 25 heavy (non-hydrogen) atoms. The zero-order valence-corrected chi connectivity index (χ0v) is 15.1. The van der Waals surface area contributed by atoms with Gasteiger partial charge >= 0.3 is 0 Å². The minimum atomic E-state index is -0.0317. The molecule has 0 saturated carbocycles. The number of methoxy groups -OCH3 is 1. The van der Waals surface area contributed by atoms with Crippen molar-refractivity contribution in [3.05, 3.63) is 41.7 Å². The molecule has 0 aliphatic carbocycles. The van der Waals surface area contributed by atoms with Gasteiger partial charge in [-0.25, -0.2) is 4.68 Å². The quantitative estimate of drug-likeness (QED) is 0.926. The highest BCUT2D eigenvalue weighted by molar-refractivity contribution is 5.92. The third kappa shape index (κ3) is 3.69. The molecule has 1 aromatic heterocycles. The molecule has 0 spiro atoms. The largest absolute Gasteiger partial charge is 0.494 e. The van der Waals surface area contributed by atoms with E-state index in [4.69, 9.17) is 10.5 Å². The molecule has 2 atom stereocenters. The highest BCUT2D eigenvalue weighted by Crippen LogP contribution is 2.24. The number of ether oxygens (including phenoxy) is 1. The van der Waals surface area contributed by atoms with Crippen LogP contribution in [-0.2, 0) is 0 Å². The van der Waals surface area contributed by atoms with Gasteiger partial charge in [0.05, 0.1) is 7.11 Å². The molecule has 1 aliphatic heterocycles. The summed E-state index contributed by atoms with van der Waals surface area (Å²) < 4.78 is 7.11. The highest BCUT2D eigenvalue weighted by atomic mass is 16.5. The predicted octanol–water partition coefficient (Wildman–Crippen LogP) is 2.39. The maximum atomic E-state index is 12.8. The molecule has 1 fully saturated rings. The molecule has 3 rings (SSSR count). The first-order valence-corrected chi connectivity index (χ1v) is 8.75. The van der Waals surface area contributed by atoms with E-state index in [1.807, 2.05) is 36.9 Å². The first kappa shape index (κ1) is 17.5. The molecule has 2 heterocycles. The fraction of sp³-hybridized carbons (Fsp3) is 0.474. The maximum absolute atomic E-state index is 12.8. The number of nitrogens with two attached hydrogens (primary N) is 1. The Morgan fingerprint density at radius 3 is 2.92 bits per heavy atom. The summed E-state index contributed by atoms with van der Waals surface area (Å²) in [5.41, 5.74) is 8.41. The molecule has 6 heteroatoms. The van der Waals surface area contributed by atoms with Crippen LogP contribution in [0.5, 0.6) is 5.75 Å². The molecule has 1 aromatic carbocycles. The number of aryl methyl sites for hydroxylation is 1. The molecule has 0 radical (unpaired) electrons. The molecule has 2 aromatic rings. The van der Waals surface area contributed by atoms with E-state index in [1.54, 1.807) is 24.1 Å². The molecule has 0 bridgehead atoms. The molecular formula is C19H26N4O2. The summed E-state index contributed by atoms with van der Waals surface area (Å²) in [6, 6.07) is 7.75. The highest BCUT2D eigenvalue weighted by Gasteiger charge is 2.27. The van der Waals surface area contributed by atoms with E-state index in [1.165, 1.54) is 0 Å². The van der Waals surface area contributed by atoms with Crippen LogP contribution in [-0.4, -0.2) is 46.8 Å². The average molecular weight is 342 g/mol. The average Bonchev–Trinajstić information content (AvgIpc) is 3.11. The van der Waals surface area contributed by atoms with Crippen molar-refractivity contribution in [3.8, 4) is 11.4 Å². The Morgan fingerprint density at radius 1 is 1.40 bits per heavy atom. The monoisotopic (exact) mass is 342 g/mol. The second-order valence-electron chi connectivity index (χ2n) is 6.83. The minimum Gasteiger partial charge on any atom is -0.494 e. The van der Waals surface area contributed by atoms with E-state index < -0.39 is 0 Å². The Morgan fingerprint density at radius 2 is 2.20 bits per heavy atom. The second kappa shape index (κ2) is 7.27. The van der Waals surface area contributed by atoms with Gasteiger partial charge in [0.2, 0.25) is 0 Å². The van der Waals surface area contributed by atoms with Crippen LogP contribution in [0, 0.1) is 12.8 Å². The van der Waals surface area contributed by atoms with E-state index in [-0.39, 0.29) is 11.9 Å². The lowest BCUT2D eigenvalue weighted by Gasteiger charge is -2.34. The van der Waals surface area contributed by atoms with Crippen molar-refractivity contribution in [1.82, 2.24) is 14.7 Å². The van der Waals surface area contributed by atoms with Gasteiger partial charge in [-0.05, 0) is 56.4 Å². The molecule has 2 N–H and O–H groups in total. The van der Waals surface area contributed by atoms with E-state index in [9.17, 15) is 4.79 Å². The second-order valence-corrected chi connectivity index (χ2v) is 6.83. The number of rotatable bonds is 4. The number of aromatic nitrogens is 2. The van der Waals surface area contributed by atoms with Crippen LogP contribution in [0.25, 0.3) is 5.69 Å². The molecule has 2 unspecified atom stereocenters. The summed E-state index contributed by atoms with van der Waals surface area (Å²) in [5.74, 6) is 1.05. The number of carbonyl (C=O) groups is 1. The van der Waals surface area contributed by atoms with Gasteiger partial charge in [-0.3, -0.25) is 4.79 Å². The maximum Gasteiger partial charge on any atom is 0.274 e. The van der Waals surface area contributed by atoms with Gasteiger partial charge in [-0.1, -0.05) is 6.07 Å². The molecule has 1 aliphatic rings. The summed E-state index contributed by atoms with van der Waals surface area (Å²) in [7, 11) is 1.63. The van der Waals surface area contributed by atoms with Crippen LogP contribution in [0.3, 0.4) is 0 Å². The molecule has 6 nitrogen and oxygen atoms in total. The van der Waals surface area contributed by atoms with Crippen molar-refractivity contribution < 1.29 is 9.53 Å². The van der Waals surface area contributed by atoms with E-state index >= 15 is 0 Å². The van der Waals surface area contributed by atoms with Crippen LogP contribution < -0.4 is 10.5 Å². The van der Waals surface area contributed by atoms with Crippen molar-refractivity contribution in [3.63, 3.8) is 0 Å². The number of likely N-dealkylation sites (tertiary alicyclic amines) is 1. The lowest BCUT2D eigenvalue weighted by Crippen LogP contribution is -2.45. The Labute approximate surface area is 148 Å². The number of benzene rings is 1. The number of hydrogen-bond donors (Lipinski definition) is 1. The summed E-state index contributed by atoms with van der Waals surface area (Å²) in [4.78, 5) is 14.7. The van der Waals surface area contributed by atoms with Crippen molar-refractivity contribution >= 4 is 5.91 Å². The normalized spacial score (nSPS) is 18.9. The Kier molecular flexibility index (Phi) is 5.08. The van der Waals surface area contributed by atoms with Crippen LogP contribution in [0.2, 0.25) is 0 Å². The van der Waals surface area contributed by atoms with Crippen molar-refractivity contribution in [2.24, 2.45) is 11.7 Å². The number of piperidine rings is 1. The summed E-state index contributed by atoms with van der Waals surface area (Å²) in [5, 5.41) is 4.49. The molecule has 1 saturated heterocycles. The van der Waals surface area contributed by atoms with Gasteiger partial charge in [0, 0.05) is 25.3 Å². The third-order valence-corrected chi connectivity index (χ3v) is 4.88. The smallest absolute Gasteiger partial charge is 0.274 e.